The first-order chi connectivity index (χ1) is 7.42. The van der Waals surface area contributed by atoms with E-state index in [1.165, 1.54) is 0 Å². The third-order valence-electron chi connectivity index (χ3n) is 1.72. The molecule has 2 N–H and O–H groups in total. The van der Waals surface area contributed by atoms with E-state index in [9.17, 15) is 0 Å². The fraction of sp³-hybridized carbons (Fsp3) is 0.583. The van der Waals surface area contributed by atoms with E-state index in [0.29, 0.717) is 24.1 Å². The zero-order valence-corrected chi connectivity index (χ0v) is 10.4. The maximum atomic E-state index is 5.78. The molecule has 0 aliphatic heterocycles. The van der Waals surface area contributed by atoms with Crippen molar-refractivity contribution in [3.63, 3.8) is 0 Å². The molecule has 4 nitrogen and oxygen atoms in total. The van der Waals surface area contributed by atoms with Crippen molar-refractivity contribution in [2.75, 3.05) is 12.3 Å². The maximum Gasteiger partial charge on any atom is 0.241 e. The SMILES string of the molecule is CCCOc1ccc(N)c(OC(C)(C)C)n1. The molecule has 0 aliphatic rings. The highest BCUT2D eigenvalue weighted by molar-refractivity contribution is 5.49. The van der Waals surface area contributed by atoms with Crippen LogP contribution in [0.2, 0.25) is 0 Å². The summed E-state index contributed by atoms with van der Waals surface area (Å²) in [5.41, 5.74) is 5.99. The van der Waals surface area contributed by atoms with E-state index in [1.54, 1.807) is 12.1 Å². The minimum atomic E-state index is -0.315. The van der Waals surface area contributed by atoms with Gasteiger partial charge in [0.05, 0.1) is 12.3 Å². The molecular formula is C12H20N2O2. The Hall–Kier alpha value is -1.45. The third kappa shape index (κ3) is 3.96. The standard InChI is InChI=1S/C12H20N2O2/c1-5-8-15-10-7-6-9(13)11(14-10)16-12(2,3)4/h6-7H,5,8,13H2,1-4H3. The second-order valence-electron chi connectivity index (χ2n) is 4.61. The van der Waals surface area contributed by atoms with Crippen molar-refractivity contribution in [2.24, 2.45) is 0 Å². The monoisotopic (exact) mass is 224 g/mol. The van der Waals surface area contributed by atoms with Gasteiger partial charge >= 0.3 is 0 Å². The highest BCUT2D eigenvalue weighted by Crippen LogP contribution is 2.25. The Morgan fingerprint density at radius 2 is 2.00 bits per heavy atom. The van der Waals surface area contributed by atoms with Gasteiger partial charge in [0.15, 0.2) is 0 Å². The van der Waals surface area contributed by atoms with E-state index in [-0.39, 0.29) is 5.60 Å². The summed E-state index contributed by atoms with van der Waals surface area (Å²) in [7, 11) is 0. The van der Waals surface area contributed by atoms with Gasteiger partial charge in [0.2, 0.25) is 11.8 Å². The summed E-state index contributed by atoms with van der Waals surface area (Å²) in [6, 6.07) is 3.50. The molecule has 1 aromatic rings. The number of nitrogen functional groups attached to an aromatic ring is 1. The number of rotatable bonds is 4. The van der Waals surface area contributed by atoms with Crippen LogP contribution in [0.3, 0.4) is 0 Å². The highest BCUT2D eigenvalue weighted by Gasteiger charge is 2.15. The van der Waals surface area contributed by atoms with Crippen molar-refractivity contribution < 1.29 is 9.47 Å². The summed E-state index contributed by atoms with van der Waals surface area (Å²) in [5, 5.41) is 0. The van der Waals surface area contributed by atoms with Crippen LogP contribution in [-0.2, 0) is 0 Å². The average Bonchev–Trinajstić information content (AvgIpc) is 2.17. The molecule has 0 saturated heterocycles. The van der Waals surface area contributed by atoms with Crippen LogP contribution in [0.5, 0.6) is 11.8 Å². The fourth-order valence-electron chi connectivity index (χ4n) is 1.09. The lowest BCUT2D eigenvalue weighted by Crippen LogP contribution is -2.24. The Bertz CT molecular complexity index is 345. The summed E-state index contributed by atoms with van der Waals surface area (Å²) in [5.74, 6) is 0.983. The fourth-order valence-corrected chi connectivity index (χ4v) is 1.09. The van der Waals surface area contributed by atoms with E-state index in [1.807, 2.05) is 27.7 Å². The van der Waals surface area contributed by atoms with Crippen LogP contribution in [0.4, 0.5) is 5.69 Å². The van der Waals surface area contributed by atoms with Crippen LogP contribution >= 0.6 is 0 Å². The molecule has 0 radical (unpaired) electrons. The van der Waals surface area contributed by atoms with Gasteiger partial charge in [-0.05, 0) is 33.3 Å². The van der Waals surface area contributed by atoms with Gasteiger partial charge in [-0.3, -0.25) is 0 Å². The predicted octanol–water partition coefficient (Wildman–Crippen LogP) is 2.63. The summed E-state index contributed by atoms with van der Waals surface area (Å²) in [4.78, 5) is 4.23. The molecule has 16 heavy (non-hydrogen) atoms. The molecule has 0 amide bonds. The highest BCUT2D eigenvalue weighted by atomic mass is 16.5. The average molecular weight is 224 g/mol. The second kappa shape index (κ2) is 5.05. The summed E-state index contributed by atoms with van der Waals surface area (Å²) < 4.78 is 11.1. The molecule has 0 saturated carbocycles. The van der Waals surface area contributed by atoms with Gasteiger partial charge in [0, 0.05) is 6.07 Å². The maximum absolute atomic E-state index is 5.78. The van der Waals surface area contributed by atoms with Crippen molar-refractivity contribution in [3.05, 3.63) is 12.1 Å². The van der Waals surface area contributed by atoms with Crippen LogP contribution in [0.15, 0.2) is 12.1 Å². The molecule has 0 bridgehead atoms. The van der Waals surface area contributed by atoms with Gasteiger partial charge < -0.3 is 15.2 Å². The van der Waals surface area contributed by atoms with Crippen molar-refractivity contribution in [3.8, 4) is 11.8 Å². The first kappa shape index (κ1) is 12.6. The van der Waals surface area contributed by atoms with E-state index in [2.05, 4.69) is 4.98 Å². The number of aromatic nitrogens is 1. The Morgan fingerprint density at radius 1 is 1.31 bits per heavy atom. The van der Waals surface area contributed by atoms with Gasteiger partial charge in [0.1, 0.15) is 5.60 Å². The van der Waals surface area contributed by atoms with E-state index in [4.69, 9.17) is 15.2 Å². The number of pyridine rings is 1. The topological polar surface area (TPSA) is 57.4 Å². The Balaban J connectivity index is 2.82. The van der Waals surface area contributed by atoms with Crippen LogP contribution in [0.1, 0.15) is 34.1 Å². The molecule has 1 heterocycles. The lowest BCUT2D eigenvalue weighted by Gasteiger charge is -2.21. The molecule has 0 fully saturated rings. The smallest absolute Gasteiger partial charge is 0.241 e. The first-order valence-corrected chi connectivity index (χ1v) is 5.50. The number of nitrogens with two attached hydrogens (primary N) is 1. The third-order valence-corrected chi connectivity index (χ3v) is 1.72. The van der Waals surface area contributed by atoms with Gasteiger partial charge in [0.25, 0.3) is 0 Å². The molecule has 0 aliphatic carbocycles. The van der Waals surface area contributed by atoms with Crippen molar-refractivity contribution in [2.45, 2.75) is 39.7 Å². The number of nitrogens with zero attached hydrogens (tertiary/aromatic N) is 1. The van der Waals surface area contributed by atoms with Crippen molar-refractivity contribution in [1.82, 2.24) is 4.98 Å². The number of ether oxygens (including phenoxy) is 2. The predicted molar refractivity (Wildman–Crippen MR) is 64.8 cm³/mol. The molecule has 1 aromatic heterocycles. The first-order valence-electron chi connectivity index (χ1n) is 5.50. The largest absolute Gasteiger partial charge is 0.478 e. The van der Waals surface area contributed by atoms with Crippen molar-refractivity contribution in [1.29, 1.82) is 0 Å². The van der Waals surface area contributed by atoms with Crippen LogP contribution < -0.4 is 15.2 Å². The minimum absolute atomic E-state index is 0.315. The minimum Gasteiger partial charge on any atom is -0.478 e. The number of anilines is 1. The second-order valence-corrected chi connectivity index (χ2v) is 4.61. The van der Waals surface area contributed by atoms with Gasteiger partial charge in [-0.1, -0.05) is 6.92 Å². The zero-order chi connectivity index (χ0) is 12.2. The lowest BCUT2D eigenvalue weighted by molar-refractivity contribution is 0.123. The Morgan fingerprint density at radius 3 is 2.56 bits per heavy atom. The number of hydrogen-bond donors (Lipinski definition) is 1. The normalized spacial score (nSPS) is 11.2. The molecule has 4 heteroatoms. The van der Waals surface area contributed by atoms with Crippen molar-refractivity contribution >= 4 is 5.69 Å². The van der Waals surface area contributed by atoms with Gasteiger partial charge in [-0.2, -0.15) is 4.98 Å². The van der Waals surface area contributed by atoms with Crippen LogP contribution in [0, 0.1) is 0 Å². The molecule has 0 spiro atoms. The number of hydrogen-bond acceptors (Lipinski definition) is 4. The summed E-state index contributed by atoms with van der Waals surface area (Å²) in [6.07, 6.45) is 0.946. The Kier molecular flexibility index (Phi) is 3.99. The van der Waals surface area contributed by atoms with Gasteiger partial charge in [-0.25, -0.2) is 0 Å². The van der Waals surface area contributed by atoms with Crippen LogP contribution in [0.25, 0.3) is 0 Å². The van der Waals surface area contributed by atoms with E-state index < -0.39 is 0 Å². The molecule has 0 atom stereocenters. The molecule has 0 aromatic carbocycles. The molecular weight excluding hydrogens is 204 g/mol. The summed E-state index contributed by atoms with van der Waals surface area (Å²) >= 11 is 0. The lowest BCUT2D eigenvalue weighted by atomic mass is 10.2. The van der Waals surface area contributed by atoms with E-state index in [0.717, 1.165) is 6.42 Å². The summed E-state index contributed by atoms with van der Waals surface area (Å²) in [6.45, 7) is 8.55. The molecule has 1 rings (SSSR count). The van der Waals surface area contributed by atoms with E-state index >= 15 is 0 Å². The van der Waals surface area contributed by atoms with Gasteiger partial charge in [-0.15, -0.1) is 0 Å². The molecule has 90 valence electrons. The zero-order valence-electron chi connectivity index (χ0n) is 10.4. The quantitative estimate of drug-likeness (QED) is 0.854. The molecule has 0 unspecified atom stereocenters. The van der Waals surface area contributed by atoms with Crippen LogP contribution in [-0.4, -0.2) is 17.2 Å². The Labute approximate surface area is 96.8 Å².